The lowest BCUT2D eigenvalue weighted by molar-refractivity contribution is 1.46. The van der Waals surface area contributed by atoms with Gasteiger partial charge in [0.05, 0.1) is 8.07 Å². The fourth-order valence-corrected chi connectivity index (χ4v) is 8.81. The highest BCUT2D eigenvalue weighted by Gasteiger charge is 2.39. The lowest BCUT2D eigenvalue weighted by atomic mass is 9.33. The predicted molar refractivity (Wildman–Crippen MR) is 145 cm³/mol. The molecule has 152 valence electrons. The second kappa shape index (κ2) is 6.40. The summed E-state index contributed by atoms with van der Waals surface area (Å²) in [5, 5.41) is 7.22. The van der Waals surface area contributed by atoms with Crippen molar-refractivity contribution in [1.29, 1.82) is 0 Å². The van der Waals surface area contributed by atoms with Gasteiger partial charge >= 0.3 is 0 Å². The van der Waals surface area contributed by atoms with Crippen LogP contribution in [0.2, 0.25) is 19.6 Å². The summed E-state index contributed by atoms with van der Waals surface area (Å²) in [6.07, 6.45) is 0. The van der Waals surface area contributed by atoms with E-state index in [1.54, 1.807) is 5.19 Å². The van der Waals surface area contributed by atoms with Crippen molar-refractivity contribution in [3.05, 3.63) is 84.9 Å². The average molecular weight is 442 g/mol. The maximum atomic E-state index is 2.46. The summed E-state index contributed by atoms with van der Waals surface area (Å²) in [5.74, 6) is 0. The first-order valence-electron chi connectivity index (χ1n) is 11.4. The Labute approximate surface area is 194 Å². The zero-order chi connectivity index (χ0) is 21.6. The Morgan fingerprint density at radius 1 is 0.656 bits per heavy atom. The third-order valence-corrected chi connectivity index (χ3v) is 10.6. The van der Waals surface area contributed by atoms with Crippen LogP contribution in [-0.2, 0) is 0 Å². The Hall–Kier alpha value is -2.75. The molecule has 2 heterocycles. The van der Waals surface area contributed by atoms with E-state index in [4.69, 9.17) is 0 Å². The van der Waals surface area contributed by atoms with Crippen molar-refractivity contribution in [3.8, 4) is 11.1 Å². The van der Waals surface area contributed by atoms with Crippen molar-refractivity contribution < 1.29 is 0 Å². The van der Waals surface area contributed by atoms with Gasteiger partial charge < -0.3 is 0 Å². The molecule has 32 heavy (non-hydrogen) atoms. The third-order valence-electron chi connectivity index (χ3n) is 7.27. The zero-order valence-corrected chi connectivity index (χ0v) is 20.4. The molecule has 0 amide bonds. The molecule has 0 N–H and O–H groups in total. The fourth-order valence-electron chi connectivity index (χ4n) is 5.91. The number of benzene rings is 5. The van der Waals surface area contributed by atoms with Crippen LogP contribution >= 0.6 is 11.8 Å². The summed E-state index contributed by atoms with van der Waals surface area (Å²) in [6, 6.07) is 32.3. The van der Waals surface area contributed by atoms with Gasteiger partial charge in [0.1, 0.15) is 0 Å². The first-order valence-corrected chi connectivity index (χ1v) is 15.7. The topological polar surface area (TPSA) is 0 Å². The second-order valence-corrected chi connectivity index (χ2v) is 16.2. The highest BCUT2D eigenvalue weighted by Crippen LogP contribution is 2.40. The van der Waals surface area contributed by atoms with Crippen LogP contribution in [0.3, 0.4) is 0 Å². The van der Waals surface area contributed by atoms with Crippen LogP contribution in [0.1, 0.15) is 0 Å². The largest absolute Gasteiger partial charge is 0.245 e. The van der Waals surface area contributed by atoms with Crippen molar-refractivity contribution in [1.82, 2.24) is 0 Å². The summed E-state index contributed by atoms with van der Waals surface area (Å²) in [4.78, 5) is 2.84. The van der Waals surface area contributed by atoms with Gasteiger partial charge in [0.25, 0.3) is 0 Å². The second-order valence-electron chi connectivity index (χ2n) is 10.1. The summed E-state index contributed by atoms with van der Waals surface area (Å²) in [6.45, 7) is 7.69. The number of hydrogen-bond acceptors (Lipinski definition) is 1. The molecule has 0 unspecified atom stereocenters. The van der Waals surface area contributed by atoms with Crippen molar-refractivity contribution in [2.24, 2.45) is 0 Å². The lowest BCUT2D eigenvalue weighted by Gasteiger charge is -2.35. The van der Waals surface area contributed by atoms with E-state index in [1.165, 1.54) is 58.9 Å². The first-order chi connectivity index (χ1) is 15.5. The monoisotopic (exact) mass is 442 g/mol. The normalized spacial score (nSPS) is 13.9. The van der Waals surface area contributed by atoms with Crippen LogP contribution in [0.4, 0.5) is 0 Å². The van der Waals surface area contributed by atoms with Crippen molar-refractivity contribution in [3.63, 3.8) is 0 Å². The van der Waals surface area contributed by atoms with Gasteiger partial charge in [-0.2, -0.15) is 0 Å². The van der Waals surface area contributed by atoms with E-state index in [2.05, 4.69) is 105 Å². The van der Waals surface area contributed by atoms with Gasteiger partial charge in [-0.25, -0.2) is 0 Å². The molecular formula is C29H23BSSi. The van der Waals surface area contributed by atoms with E-state index in [-0.39, 0.29) is 0 Å². The van der Waals surface area contributed by atoms with Gasteiger partial charge in [0, 0.05) is 9.79 Å². The fraction of sp³-hybridized carbons (Fsp3) is 0.103. The molecule has 3 heteroatoms. The molecule has 5 aromatic carbocycles. The van der Waals surface area contributed by atoms with E-state index in [0.717, 1.165) is 0 Å². The standard InChI is InChI=1S/C29H23BSSi/c1-32(2,3)26-17-16-23-27-20(10-6-12-22(26)27)21-11-7-13-25-28(21)30(23)24-15-14-18-8-4-5-9-19(18)29(24)31-25/h4-17H,1-3H3. The minimum atomic E-state index is -1.47. The molecule has 0 radical (unpaired) electrons. The zero-order valence-electron chi connectivity index (χ0n) is 18.6. The summed E-state index contributed by atoms with van der Waals surface area (Å²) in [7, 11) is -1.47. The van der Waals surface area contributed by atoms with E-state index in [0.29, 0.717) is 6.71 Å². The van der Waals surface area contributed by atoms with Crippen LogP contribution in [0.15, 0.2) is 94.7 Å². The maximum absolute atomic E-state index is 2.46. The van der Waals surface area contributed by atoms with Crippen LogP contribution in [0, 0.1) is 0 Å². The van der Waals surface area contributed by atoms with Gasteiger partial charge in [-0.15, -0.1) is 0 Å². The molecule has 0 atom stereocenters. The summed E-state index contributed by atoms with van der Waals surface area (Å²) < 4.78 is 0. The Morgan fingerprint density at radius 3 is 2.28 bits per heavy atom. The quantitative estimate of drug-likeness (QED) is 0.303. The van der Waals surface area contributed by atoms with E-state index in [9.17, 15) is 0 Å². The smallest absolute Gasteiger partial charge is 0.0905 e. The van der Waals surface area contributed by atoms with Crippen LogP contribution in [0.5, 0.6) is 0 Å². The predicted octanol–water partition coefficient (Wildman–Crippen LogP) is 5.50. The molecule has 0 aromatic heterocycles. The Balaban J connectivity index is 1.64. The molecule has 0 saturated carbocycles. The minimum absolute atomic E-state index is 0.301. The SMILES string of the molecule is C[Si](C)(C)c1ccc2c3c(cccc13)-c1cccc3c1B2c1ccc2ccccc2c1S3. The third kappa shape index (κ3) is 2.41. The molecule has 0 fully saturated rings. The molecule has 2 aliphatic rings. The summed E-state index contributed by atoms with van der Waals surface area (Å²) in [5.41, 5.74) is 7.28. The molecule has 2 aliphatic heterocycles. The number of fused-ring (bicyclic) bond motifs is 6. The average Bonchev–Trinajstić information content (AvgIpc) is 2.80. The first kappa shape index (κ1) is 18.8. The Morgan fingerprint density at radius 2 is 1.41 bits per heavy atom. The molecule has 0 nitrogen and oxygen atoms in total. The Bertz CT molecular complexity index is 1600. The Kier molecular flexibility index (Phi) is 3.76. The highest BCUT2D eigenvalue weighted by molar-refractivity contribution is 8.00. The van der Waals surface area contributed by atoms with E-state index < -0.39 is 8.07 Å². The van der Waals surface area contributed by atoms with Gasteiger partial charge in [0.2, 0.25) is 6.71 Å². The molecule has 7 rings (SSSR count). The molecule has 0 bridgehead atoms. The van der Waals surface area contributed by atoms with E-state index >= 15 is 0 Å². The highest BCUT2D eigenvalue weighted by atomic mass is 32.2. The van der Waals surface area contributed by atoms with Gasteiger partial charge in [-0.1, -0.05) is 126 Å². The molecule has 5 aromatic rings. The number of rotatable bonds is 1. The van der Waals surface area contributed by atoms with Gasteiger partial charge in [0.15, 0.2) is 0 Å². The molecular weight excluding hydrogens is 419 g/mol. The lowest BCUT2D eigenvalue weighted by Crippen LogP contribution is -2.58. The van der Waals surface area contributed by atoms with Crippen LogP contribution in [-0.4, -0.2) is 14.8 Å². The molecule has 0 spiro atoms. The number of hydrogen-bond donors (Lipinski definition) is 0. The van der Waals surface area contributed by atoms with Crippen molar-refractivity contribution >= 4 is 69.7 Å². The minimum Gasteiger partial charge on any atom is -0.0905 e. The van der Waals surface area contributed by atoms with E-state index in [1.807, 2.05) is 11.8 Å². The molecule has 0 aliphatic carbocycles. The maximum Gasteiger partial charge on any atom is 0.245 e. The van der Waals surface area contributed by atoms with Gasteiger partial charge in [-0.05, 0) is 44.2 Å². The van der Waals surface area contributed by atoms with Crippen LogP contribution < -0.4 is 21.6 Å². The molecule has 0 saturated heterocycles. The summed E-state index contributed by atoms with van der Waals surface area (Å²) >= 11 is 1.96. The van der Waals surface area contributed by atoms with Crippen molar-refractivity contribution in [2.45, 2.75) is 29.4 Å². The van der Waals surface area contributed by atoms with Gasteiger partial charge in [-0.3, -0.25) is 0 Å². The van der Waals surface area contributed by atoms with Crippen molar-refractivity contribution in [2.75, 3.05) is 0 Å². The van der Waals surface area contributed by atoms with Crippen LogP contribution in [0.25, 0.3) is 32.7 Å².